The molecule has 0 saturated heterocycles. The Labute approximate surface area is 157 Å². The highest BCUT2D eigenvalue weighted by atomic mass is 16.5. The molecule has 0 aliphatic carbocycles. The highest BCUT2D eigenvalue weighted by molar-refractivity contribution is 6.06. The first kappa shape index (κ1) is 17.0. The van der Waals surface area contributed by atoms with Crippen LogP contribution in [0, 0.1) is 0 Å². The summed E-state index contributed by atoms with van der Waals surface area (Å²) in [6.07, 6.45) is 0.578. The second-order valence-electron chi connectivity index (χ2n) is 6.39. The number of aromatic nitrogens is 2. The van der Waals surface area contributed by atoms with Gasteiger partial charge in [-0.3, -0.25) is 14.5 Å². The molecule has 0 radical (unpaired) electrons. The number of hydrogen-bond acceptors (Lipinski definition) is 4. The third kappa shape index (κ3) is 3.33. The number of rotatable bonds is 5. The molecule has 2 heterocycles. The number of ether oxygens (including phenoxy) is 1. The van der Waals surface area contributed by atoms with Crippen LogP contribution in [0.4, 0.5) is 0 Å². The maximum absolute atomic E-state index is 12.8. The predicted molar refractivity (Wildman–Crippen MR) is 100 cm³/mol. The molecule has 27 heavy (non-hydrogen) atoms. The lowest BCUT2D eigenvalue weighted by Gasteiger charge is -2.25. The van der Waals surface area contributed by atoms with Gasteiger partial charge in [-0.15, -0.1) is 0 Å². The van der Waals surface area contributed by atoms with Gasteiger partial charge in [-0.2, -0.15) is 5.10 Å². The predicted octanol–water partition coefficient (Wildman–Crippen LogP) is 2.78. The molecule has 1 aliphatic heterocycles. The molecule has 4 rings (SSSR count). The Morgan fingerprint density at radius 2 is 1.85 bits per heavy atom. The van der Waals surface area contributed by atoms with Gasteiger partial charge in [-0.05, 0) is 30.2 Å². The molecule has 0 saturated carbocycles. The first-order valence-electron chi connectivity index (χ1n) is 8.76. The van der Waals surface area contributed by atoms with E-state index in [9.17, 15) is 9.59 Å². The van der Waals surface area contributed by atoms with E-state index in [2.05, 4.69) is 5.10 Å². The molecule has 6 nitrogen and oxygen atoms in total. The lowest BCUT2D eigenvalue weighted by molar-refractivity contribution is -0.130. The van der Waals surface area contributed by atoms with E-state index in [0.717, 1.165) is 16.9 Å². The minimum Gasteiger partial charge on any atom is -0.497 e. The van der Waals surface area contributed by atoms with E-state index in [4.69, 9.17) is 4.74 Å². The molecule has 1 aliphatic rings. The Bertz CT molecular complexity index is 995. The highest BCUT2D eigenvalue weighted by Gasteiger charge is 2.32. The third-order valence-electron chi connectivity index (χ3n) is 4.66. The number of fused-ring (bicyclic) bond motifs is 1. The van der Waals surface area contributed by atoms with Crippen molar-refractivity contribution in [3.63, 3.8) is 0 Å². The molecule has 6 heteroatoms. The van der Waals surface area contributed by atoms with Crippen molar-refractivity contribution < 1.29 is 14.3 Å². The summed E-state index contributed by atoms with van der Waals surface area (Å²) in [5, 5.41) is 4.43. The first-order valence-corrected chi connectivity index (χ1v) is 8.76. The van der Waals surface area contributed by atoms with E-state index in [-0.39, 0.29) is 18.4 Å². The smallest absolute Gasteiger partial charge is 0.278 e. The van der Waals surface area contributed by atoms with Crippen molar-refractivity contribution in [2.24, 2.45) is 0 Å². The Hall–Kier alpha value is -3.41. The number of imide groups is 1. The van der Waals surface area contributed by atoms with Gasteiger partial charge in [0.1, 0.15) is 18.0 Å². The fourth-order valence-corrected chi connectivity index (χ4v) is 3.22. The molecule has 2 amide bonds. The van der Waals surface area contributed by atoms with Crippen LogP contribution in [0.1, 0.15) is 16.1 Å². The molecule has 0 N–H and O–H groups in total. The average Bonchev–Trinajstić information content (AvgIpc) is 3.13. The van der Waals surface area contributed by atoms with Gasteiger partial charge < -0.3 is 4.74 Å². The molecular formula is C21H19N3O3. The number of nitrogens with zero attached hydrogens (tertiary/aromatic N) is 3. The van der Waals surface area contributed by atoms with Crippen LogP contribution >= 0.6 is 0 Å². The molecule has 0 atom stereocenters. The van der Waals surface area contributed by atoms with Crippen molar-refractivity contribution in [3.05, 3.63) is 71.9 Å². The lowest BCUT2D eigenvalue weighted by Crippen LogP contribution is -2.45. The van der Waals surface area contributed by atoms with Crippen molar-refractivity contribution in [2.75, 3.05) is 13.7 Å². The number of carbonyl (C=O) groups is 2. The van der Waals surface area contributed by atoms with Crippen molar-refractivity contribution in [3.8, 4) is 17.0 Å². The van der Waals surface area contributed by atoms with Crippen LogP contribution in [0.25, 0.3) is 11.3 Å². The molecular weight excluding hydrogens is 342 g/mol. The van der Waals surface area contributed by atoms with Crippen LogP contribution < -0.4 is 4.74 Å². The van der Waals surface area contributed by atoms with Crippen molar-refractivity contribution in [2.45, 2.75) is 13.0 Å². The van der Waals surface area contributed by atoms with E-state index in [0.29, 0.717) is 24.4 Å². The molecule has 1 aromatic heterocycles. The van der Waals surface area contributed by atoms with Crippen molar-refractivity contribution in [1.82, 2.24) is 14.7 Å². The van der Waals surface area contributed by atoms with E-state index in [1.54, 1.807) is 13.2 Å². The van der Waals surface area contributed by atoms with Crippen LogP contribution in [-0.2, 0) is 17.8 Å². The van der Waals surface area contributed by atoms with Crippen molar-refractivity contribution >= 4 is 11.8 Å². The fourth-order valence-electron chi connectivity index (χ4n) is 3.22. The summed E-state index contributed by atoms with van der Waals surface area (Å²) in [5.41, 5.74) is 3.07. The second kappa shape index (κ2) is 7.07. The van der Waals surface area contributed by atoms with Gasteiger partial charge in [0.25, 0.3) is 11.8 Å². The van der Waals surface area contributed by atoms with Gasteiger partial charge in [0.05, 0.1) is 12.8 Å². The maximum Gasteiger partial charge on any atom is 0.278 e. The van der Waals surface area contributed by atoms with E-state index in [1.165, 1.54) is 9.58 Å². The van der Waals surface area contributed by atoms with Crippen LogP contribution in [0.3, 0.4) is 0 Å². The zero-order valence-electron chi connectivity index (χ0n) is 15.0. The summed E-state index contributed by atoms with van der Waals surface area (Å²) in [7, 11) is 1.61. The van der Waals surface area contributed by atoms with Gasteiger partial charge in [0, 0.05) is 12.1 Å². The van der Waals surface area contributed by atoms with Gasteiger partial charge in [-0.1, -0.05) is 42.5 Å². The first-order chi connectivity index (χ1) is 13.2. The van der Waals surface area contributed by atoms with Crippen LogP contribution in [0.15, 0.2) is 60.7 Å². The second-order valence-corrected chi connectivity index (χ2v) is 6.39. The number of amides is 2. The molecule has 0 unspecified atom stereocenters. The fraction of sp³-hybridized carbons (Fsp3) is 0.190. The Kier molecular flexibility index (Phi) is 4.46. The summed E-state index contributed by atoms with van der Waals surface area (Å²) in [6.45, 7) is 0.405. The minimum absolute atomic E-state index is 0.0754. The number of benzene rings is 2. The summed E-state index contributed by atoms with van der Waals surface area (Å²) in [5.74, 6) is 0.219. The number of methoxy groups -OCH3 is 1. The SMILES string of the molecule is COc1cccc(CCN2C(=O)Cn3nc(-c4ccccc4)cc3C2=O)c1. The zero-order valence-corrected chi connectivity index (χ0v) is 15.0. The van der Waals surface area contributed by atoms with E-state index < -0.39 is 0 Å². The van der Waals surface area contributed by atoms with E-state index in [1.807, 2.05) is 54.6 Å². The quantitative estimate of drug-likeness (QED) is 0.656. The monoisotopic (exact) mass is 361 g/mol. The topological polar surface area (TPSA) is 64.4 Å². The lowest BCUT2D eigenvalue weighted by atomic mass is 10.1. The Balaban J connectivity index is 1.54. The van der Waals surface area contributed by atoms with Crippen LogP contribution in [0.5, 0.6) is 5.75 Å². The number of carbonyl (C=O) groups excluding carboxylic acids is 2. The van der Waals surface area contributed by atoms with E-state index >= 15 is 0 Å². The normalized spacial score (nSPS) is 13.6. The Morgan fingerprint density at radius 3 is 2.63 bits per heavy atom. The summed E-state index contributed by atoms with van der Waals surface area (Å²) in [6, 6.07) is 19.0. The molecule has 3 aromatic rings. The Morgan fingerprint density at radius 1 is 1.04 bits per heavy atom. The standard InChI is InChI=1S/C21H19N3O3/c1-27-17-9-5-6-15(12-17)10-11-23-20(25)14-24-19(21(23)26)13-18(22-24)16-7-3-2-4-8-16/h2-9,12-13H,10-11,14H2,1H3. The summed E-state index contributed by atoms with van der Waals surface area (Å²) in [4.78, 5) is 26.6. The third-order valence-corrected chi connectivity index (χ3v) is 4.66. The molecule has 0 spiro atoms. The van der Waals surface area contributed by atoms with Crippen molar-refractivity contribution in [1.29, 1.82) is 0 Å². The van der Waals surface area contributed by atoms with Gasteiger partial charge in [-0.25, -0.2) is 4.68 Å². The summed E-state index contributed by atoms with van der Waals surface area (Å²) < 4.78 is 6.72. The van der Waals surface area contributed by atoms with Gasteiger partial charge in [0.15, 0.2) is 0 Å². The largest absolute Gasteiger partial charge is 0.497 e. The molecule has 2 aromatic carbocycles. The molecule has 136 valence electrons. The molecule has 0 bridgehead atoms. The maximum atomic E-state index is 12.8. The van der Waals surface area contributed by atoms with Crippen LogP contribution in [0.2, 0.25) is 0 Å². The van der Waals surface area contributed by atoms with Gasteiger partial charge in [0.2, 0.25) is 0 Å². The highest BCUT2D eigenvalue weighted by Crippen LogP contribution is 2.23. The average molecular weight is 361 g/mol. The van der Waals surface area contributed by atoms with Crippen LogP contribution in [-0.4, -0.2) is 40.1 Å². The summed E-state index contributed by atoms with van der Waals surface area (Å²) >= 11 is 0. The van der Waals surface area contributed by atoms with Gasteiger partial charge >= 0.3 is 0 Å². The zero-order chi connectivity index (χ0) is 18.8. The minimum atomic E-state index is -0.302. The molecule has 0 fully saturated rings. The number of hydrogen-bond donors (Lipinski definition) is 0.